The minimum atomic E-state index is -0.545. The number of likely N-dealkylation sites (N-methyl/N-ethyl adjacent to an activating group) is 1. The van der Waals surface area contributed by atoms with Gasteiger partial charge in [-0.05, 0) is 33.1 Å². The molecule has 17 heavy (non-hydrogen) atoms. The quantitative estimate of drug-likeness (QED) is 0.783. The summed E-state index contributed by atoms with van der Waals surface area (Å²) in [5, 5.41) is 5.18. The molecule has 5 nitrogen and oxygen atoms in total. The molecule has 1 saturated carbocycles. The van der Waals surface area contributed by atoms with E-state index in [9.17, 15) is 9.59 Å². The largest absolute Gasteiger partial charge is 0.444 e. The van der Waals surface area contributed by atoms with Crippen molar-refractivity contribution in [3.8, 4) is 0 Å². The van der Waals surface area contributed by atoms with Crippen LogP contribution in [0.15, 0.2) is 0 Å². The van der Waals surface area contributed by atoms with Crippen molar-refractivity contribution < 1.29 is 14.3 Å². The van der Waals surface area contributed by atoms with Crippen LogP contribution in [-0.2, 0) is 9.53 Å². The van der Waals surface area contributed by atoms with Gasteiger partial charge in [-0.2, -0.15) is 0 Å². The van der Waals surface area contributed by atoms with Gasteiger partial charge in [0.25, 0.3) is 0 Å². The molecule has 0 aromatic rings. The number of alkyl carbamates (subject to hydrolysis) is 1. The summed E-state index contributed by atoms with van der Waals surface area (Å²) >= 11 is 0. The Bertz CT molecular complexity index is 293. The van der Waals surface area contributed by atoms with Crippen molar-refractivity contribution in [2.45, 2.75) is 51.7 Å². The van der Waals surface area contributed by atoms with Crippen LogP contribution >= 0.6 is 0 Å². The molecular formula is C12H22N2O3. The van der Waals surface area contributed by atoms with E-state index in [4.69, 9.17) is 4.74 Å². The molecule has 0 aromatic carbocycles. The van der Waals surface area contributed by atoms with E-state index in [0.717, 1.165) is 12.8 Å². The third-order valence-electron chi connectivity index (χ3n) is 2.52. The fourth-order valence-corrected chi connectivity index (χ4v) is 1.54. The smallest absolute Gasteiger partial charge is 0.408 e. The predicted octanol–water partition coefficient (Wildman–Crippen LogP) is 1.43. The maximum Gasteiger partial charge on any atom is 0.408 e. The Morgan fingerprint density at radius 3 is 2.35 bits per heavy atom. The van der Waals surface area contributed by atoms with Gasteiger partial charge in [-0.3, -0.25) is 4.79 Å². The zero-order valence-electron chi connectivity index (χ0n) is 11.0. The van der Waals surface area contributed by atoms with Crippen LogP contribution in [0.1, 0.15) is 40.0 Å². The van der Waals surface area contributed by atoms with E-state index in [1.165, 1.54) is 0 Å². The topological polar surface area (TPSA) is 67.4 Å². The van der Waals surface area contributed by atoms with Crippen molar-refractivity contribution in [1.82, 2.24) is 10.6 Å². The lowest BCUT2D eigenvalue weighted by atomic mass is 10.1. The first-order chi connectivity index (χ1) is 7.81. The Morgan fingerprint density at radius 2 is 1.94 bits per heavy atom. The summed E-state index contributed by atoms with van der Waals surface area (Å²) in [6.45, 7) is 5.38. The number of carbonyl (C=O) groups is 2. The average molecular weight is 242 g/mol. The number of rotatable bonds is 4. The lowest BCUT2D eigenvalue weighted by Gasteiger charge is -2.22. The van der Waals surface area contributed by atoms with Crippen LogP contribution < -0.4 is 10.6 Å². The van der Waals surface area contributed by atoms with Crippen LogP contribution in [0.25, 0.3) is 0 Å². The van der Waals surface area contributed by atoms with Gasteiger partial charge in [0.15, 0.2) is 0 Å². The van der Waals surface area contributed by atoms with Crippen molar-refractivity contribution in [2.24, 2.45) is 5.92 Å². The van der Waals surface area contributed by atoms with Crippen molar-refractivity contribution >= 4 is 12.0 Å². The first-order valence-corrected chi connectivity index (χ1v) is 6.03. The number of amides is 2. The fourth-order valence-electron chi connectivity index (χ4n) is 1.54. The molecule has 1 atom stereocenters. The number of ether oxygens (including phenoxy) is 1. The Balaban J connectivity index is 2.46. The highest BCUT2D eigenvalue weighted by atomic mass is 16.6. The molecule has 0 heterocycles. The molecule has 0 radical (unpaired) electrons. The van der Waals surface area contributed by atoms with Gasteiger partial charge in [0.05, 0.1) is 0 Å². The Kier molecular flexibility index (Phi) is 4.37. The molecule has 1 fully saturated rings. The summed E-state index contributed by atoms with van der Waals surface area (Å²) in [5.74, 6) is 0.398. The standard InChI is InChI=1S/C12H22N2O3/c1-12(2,3)17-11(16)14-9(10(15)13-4)7-8-5-6-8/h8-9H,5-7H2,1-4H3,(H,13,15)(H,14,16). The summed E-state index contributed by atoms with van der Waals surface area (Å²) in [7, 11) is 1.57. The molecule has 0 saturated heterocycles. The summed E-state index contributed by atoms with van der Waals surface area (Å²) < 4.78 is 5.13. The summed E-state index contributed by atoms with van der Waals surface area (Å²) in [5.41, 5.74) is -0.545. The fraction of sp³-hybridized carbons (Fsp3) is 0.833. The normalized spacial score (nSPS) is 17.2. The van der Waals surface area contributed by atoms with E-state index >= 15 is 0 Å². The molecule has 0 aromatic heterocycles. The third kappa shape index (κ3) is 5.56. The van der Waals surface area contributed by atoms with Gasteiger partial charge in [-0.1, -0.05) is 12.8 Å². The van der Waals surface area contributed by atoms with Gasteiger partial charge < -0.3 is 15.4 Å². The van der Waals surface area contributed by atoms with Gasteiger partial charge in [0.2, 0.25) is 5.91 Å². The SMILES string of the molecule is CNC(=O)C(CC1CC1)NC(=O)OC(C)(C)C. The Morgan fingerprint density at radius 1 is 1.35 bits per heavy atom. The van der Waals surface area contributed by atoms with E-state index < -0.39 is 17.7 Å². The average Bonchev–Trinajstić information content (AvgIpc) is 2.96. The highest BCUT2D eigenvalue weighted by Gasteiger charge is 2.31. The van der Waals surface area contributed by atoms with Crippen molar-refractivity contribution in [3.05, 3.63) is 0 Å². The first kappa shape index (κ1) is 13.8. The van der Waals surface area contributed by atoms with E-state index in [1.807, 2.05) is 0 Å². The van der Waals surface area contributed by atoms with E-state index in [2.05, 4.69) is 10.6 Å². The van der Waals surface area contributed by atoms with Crippen LogP contribution in [0.4, 0.5) is 4.79 Å². The molecular weight excluding hydrogens is 220 g/mol. The van der Waals surface area contributed by atoms with E-state index in [-0.39, 0.29) is 5.91 Å². The highest BCUT2D eigenvalue weighted by Crippen LogP contribution is 2.33. The Labute approximate surface area is 102 Å². The molecule has 1 unspecified atom stereocenters. The Hall–Kier alpha value is -1.26. The lowest BCUT2D eigenvalue weighted by Crippen LogP contribution is -2.47. The van der Waals surface area contributed by atoms with Crippen molar-refractivity contribution in [3.63, 3.8) is 0 Å². The van der Waals surface area contributed by atoms with Crippen LogP contribution in [0.5, 0.6) is 0 Å². The van der Waals surface area contributed by atoms with Crippen molar-refractivity contribution in [1.29, 1.82) is 0 Å². The minimum absolute atomic E-state index is 0.164. The van der Waals surface area contributed by atoms with Crippen molar-refractivity contribution in [2.75, 3.05) is 7.05 Å². The molecule has 0 spiro atoms. The highest BCUT2D eigenvalue weighted by molar-refractivity contribution is 5.85. The van der Waals surface area contributed by atoms with Crippen LogP contribution in [0.2, 0.25) is 0 Å². The molecule has 1 rings (SSSR count). The monoisotopic (exact) mass is 242 g/mol. The maximum absolute atomic E-state index is 11.6. The van der Waals surface area contributed by atoms with Gasteiger partial charge in [0.1, 0.15) is 11.6 Å². The minimum Gasteiger partial charge on any atom is -0.444 e. The number of nitrogens with one attached hydrogen (secondary N) is 2. The second-order valence-electron chi connectivity index (χ2n) is 5.49. The second-order valence-corrected chi connectivity index (χ2v) is 5.49. The molecule has 0 bridgehead atoms. The second kappa shape index (κ2) is 5.38. The number of hydrogen-bond donors (Lipinski definition) is 2. The molecule has 1 aliphatic rings. The van der Waals surface area contributed by atoms with Crippen LogP contribution in [0, 0.1) is 5.92 Å². The van der Waals surface area contributed by atoms with Gasteiger partial charge in [-0.25, -0.2) is 4.79 Å². The number of hydrogen-bond acceptors (Lipinski definition) is 3. The zero-order valence-corrected chi connectivity index (χ0v) is 11.0. The maximum atomic E-state index is 11.6. The number of carbonyl (C=O) groups excluding carboxylic acids is 2. The van der Waals surface area contributed by atoms with E-state index in [1.54, 1.807) is 27.8 Å². The molecule has 98 valence electrons. The third-order valence-corrected chi connectivity index (χ3v) is 2.52. The molecule has 2 amide bonds. The summed E-state index contributed by atoms with van der Waals surface area (Å²) in [4.78, 5) is 23.2. The van der Waals surface area contributed by atoms with Gasteiger partial charge >= 0.3 is 6.09 Å². The summed E-state index contributed by atoms with van der Waals surface area (Å²) in [6.07, 6.45) is 2.44. The van der Waals surface area contributed by atoms with Crippen LogP contribution in [0.3, 0.4) is 0 Å². The van der Waals surface area contributed by atoms with Crippen LogP contribution in [-0.4, -0.2) is 30.7 Å². The molecule has 5 heteroatoms. The lowest BCUT2D eigenvalue weighted by molar-refractivity contribution is -0.123. The van der Waals surface area contributed by atoms with E-state index in [0.29, 0.717) is 12.3 Å². The van der Waals surface area contributed by atoms with Gasteiger partial charge in [-0.15, -0.1) is 0 Å². The predicted molar refractivity (Wildman–Crippen MR) is 64.6 cm³/mol. The summed E-state index contributed by atoms with van der Waals surface area (Å²) in [6, 6.07) is -0.484. The first-order valence-electron chi connectivity index (χ1n) is 6.03. The van der Waals surface area contributed by atoms with Gasteiger partial charge in [0, 0.05) is 7.05 Å². The molecule has 2 N–H and O–H groups in total. The molecule has 1 aliphatic carbocycles. The molecule has 0 aliphatic heterocycles. The zero-order chi connectivity index (χ0) is 13.1.